The first kappa shape index (κ1) is 15.3. The zero-order valence-corrected chi connectivity index (χ0v) is 13.7. The molecule has 0 bridgehead atoms. The Morgan fingerprint density at radius 2 is 2.14 bits per heavy atom. The number of hydrogen-bond acceptors (Lipinski definition) is 4. The van der Waals surface area contributed by atoms with Gasteiger partial charge in [0.15, 0.2) is 0 Å². The Hall–Kier alpha value is -0.560. The van der Waals surface area contributed by atoms with Crippen molar-refractivity contribution < 1.29 is 12.8 Å². The molecule has 2 saturated heterocycles. The van der Waals surface area contributed by atoms with Gasteiger partial charge in [0.25, 0.3) is 10.0 Å². The summed E-state index contributed by atoms with van der Waals surface area (Å²) in [5.74, 6) is 0.667. The largest absolute Gasteiger partial charge is 0.447 e. The van der Waals surface area contributed by atoms with E-state index in [0.29, 0.717) is 18.3 Å². The molecule has 7 heteroatoms. The van der Waals surface area contributed by atoms with Crippen molar-refractivity contribution in [2.24, 2.45) is 0 Å². The van der Waals surface area contributed by atoms with E-state index < -0.39 is 10.0 Å². The summed E-state index contributed by atoms with van der Waals surface area (Å²) in [6.07, 6.45) is 3.47. The molecular weight excluding hydrogens is 312 g/mol. The van der Waals surface area contributed by atoms with Crippen LogP contribution in [-0.4, -0.2) is 49.3 Å². The predicted octanol–water partition coefficient (Wildman–Crippen LogP) is 2.27. The van der Waals surface area contributed by atoms with Gasteiger partial charge >= 0.3 is 0 Å². The number of nitrogens with zero attached hydrogens (tertiary/aromatic N) is 2. The van der Waals surface area contributed by atoms with E-state index in [1.165, 1.54) is 18.9 Å². The monoisotopic (exact) mass is 332 g/mol. The highest BCUT2D eigenvalue weighted by molar-refractivity contribution is 7.89. The van der Waals surface area contributed by atoms with Crippen LogP contribution >= 0.6 is 11.6 Å². The lowest BCUT2D eigenvalue weighted by molar-refractivity contribution is 0.0557. The Morgan fingerprint density at radius 3 is 2.86 bits per heavy atom. The van der Waals surface area contributed by atoms with Crippen LogP contribution in [0.1, 0.15) is 31.9 Å². The molecule has 2 aliphatic heterocycles. The molecule has 0 aromatic carbocycles. The van der Waals surface area contributed by atoms with Crippen LogP contribution in [0.4, 0.5) is 0 Å². The Bertz CT molecular complexity index is 601. The Kier molecular flexibility index (Phi) is 4.32. The van der Waals surface area contributed by atoms with E-state index in [2.05, 4.69) is 4.90 Å². The van der Waals surface area contributed by atoms with Gasteiger partial charge in [-0.15, -0.1) is 11.6 Å². The number of furan rings is 1. The first-order valence-corrected chi connectivity index (χ1v) is 9.40. The Labute approximate surface area is 130 Å². The zero-order chi connectivity index (χ0) is 15.0. The van der Waals surface area contributed by atoms with Crippen molar-refractivity contribution in [3.05, 3.63) is 17.9 Å². The molecule has 0 N–H and O–H groups in total. The second-order valence-electron chi connectivity index (χ2n) is 5.92. The molecule has 0 amide bonds. The highest BCUT2D eigenvalue weighted by Gasteiger charge is 2.40. The topological polar surface area (TPSA) is 53.8 Å². The van der Waals surface area contributed by atoms with Crippen molar-refractivity contribution in [3.8, 4) is 0 Å². The molecule has 0 spiro atoms. The number of alkyl halides is 1. The van der Waals surface area contributed by atoms with E-state index >= 15 is 0 Å². The Morgan fingerprint density at radius 1 is 1.33 bits per heavy atom. The molecule has 0 saturated carbocycles. The van der Waals surface area contributed by atoms with Crippen LogP contribution in [0.5, 0.6) is 0 Å². The maximum absolute atomic E-state index is 12.8. The van der Waals surface area contributed by atoms with Crippen molar-refractivity contribution in [1.82, 2.24) is 9.21 Å². The van der Waals surface area contributed by atoms with Gasteiger partial charge in [0, 0.05) is 25.2 Å². The van der Waals surface area contributed by atoms with Crippen molar-refractivity contribution in [1.29, 1.82) is 0 Å². The predicted molar refractivity (Wildman–Crippen MR) is 80.8 cm³/mol. The number of sulfonamides is 1. The first-order valence-electron chi connectivity index (χ1n) is 7.43. The highest BCUT2D eigenvalue weighted by atomic mass is 35.5. The SMILES string of the molecule is CC1CN2CCCCC2CN1S(=O)(=O)c1ccc(CCl)o1. The van der Waals surface area contributed by atoms with Crippen LogP contribution in [0.2, 0.25) is 0 Å². The summed E-state index contributed by atoms with van der Waals surface area (Å²) >= 11 is 5.69. The molecular formula is C14H21ClN2O3S. The van der Waals surface area contributed by atoms with E-state index in [4.69, 9.17) is 16.0 Å². The van der Waals surface area contributed by atoms with Gasteiger partial charge in [0.05, 0.1) is 5.88 Å². The van der Waals surface area contributed by atoms with Gasteiger partial charge in [-0.05, 0) is 38.4 Å². The lowest BCUT2D eigenvalue weighted by Gasteiger charge is -2.46. The number of rotatable bonds is 3. The van der Waals surface area contributed by atoms with Crippen LogP contribution in [0.3, 0.4) is 0 Å². The number of piperidine rings is 1. The van der Waals surface area contributed by atoms with E-state index in [9.17, 15) is 8.42 Å². The third-order valence-corrected chi connectivity index (χ3v) is 6.58. The number of fused-ring (bicyclic) bond motifs is 1. The van der Waals surface area contributed by atoms with E-state index in [1.807, 2.05) is 6.92 Å². The molecule has 5 nitrogen and oxygen atoms in total. The summed E-state index contributed by atoms with van der Waals surface area (Å²) in [5.41, 5.74) is 0. The molecule has 21 heavy (non-hydrogen) atoms. The Balaban J connectivity index is 1.84. The van der Waals surface area contributed by atoms with Crippen molar-refractivity contribution in [3.63, 3.8) is 0 Å². The van der Waals surface area contributed by atoms with Gasteiger partial charge in [0.1, 0.15) is 5.76 Å². The third-order valence-electron chi connectivity index (χ3n) is 4.46. The molecule has 3 rings (SSSR count). The average Bonchev–Trinajstić information content (AvgIpc) is 2.96. The fourth-order valence-electron chi connectivity index (χ4n) is 3.34. The average molecular weight is 333 g/mol. The molecule has 3 heterocycles. The highest BCUT2D eigenvalue weighted by Crippen LogP contribution is 2.29. The summed E-state index contributed by atoms with van der Waals surface area (Å²) in [6.45, 7) is 4.40. The van der Waals surface area contributed by atoms with Gasteiger partial charge in [0.2, 0.25) is 5.09 Å². The normalized spacial score (nSPS) is 28.5. The fraction of sp³-hybridized carbons (Fsp3) is 0.714. The van der Waals surface area contributed by atoms with Crippen molar-refractivity contribution in [2.75, 3.05) is 19.6 Å². The van der Waals surface area contributed by atoms with Crippen molar-refractivity contribution >= 4 is 21.6 Å². The van der Waals surface area contributed by atoms with Crippen LogP contribution in [0.25, 0.3) is 0 Å². The molecule has 1 aromatic rings. The fourth-order valence-corrected chi connectivity index (χ4v) is 5.08. The van der Waals surface area contributed by atoms with Gasteiger partial charge < -0.3 is 4.42 Å². The van der Waals surface area contributed by atoms with E-state index in [1.54, 1.807) is 10.4 Å². The van der Waals surface area contributed by atoms with Crippen LogP contribution in [0.15, 0.2) is 21.6 Å². The minimum absolute atomic E-state index is 0.00857. The third kappa shape index (κ3) is 2.86. The van der Waals surface area contributed by atoms with Crippen LogP contribution < -0.4 is 0 Å². The summed E-state index contributed by atoms with van der Waals surface area (Å²) < 4.78 is 32.5. The molecule has 2 unspecified atom stereocenters. The first-order chi connectivity index (χ1) is 10.0. The molecule has 1 aromatic heterocycles. The lowest BCUT2D eigenvalue weighted by Crippen LogP contribution is -2.59. The summed E-state index contributed by atoms with van der Waals surface area (Å²) in [5, 5.41) is 0.00857. The van der Waals surface area contributed by atoms with Crippen LogP contribution in [-0.2, 0) is 15.9 Å². The summed E-state index contributed by atoms with van der Waals surface area (Å²) in [6, 6.07) is 3.44. The van der Waals surface area contributed by atoms with Crippen LogP contribution in [0, 0.1) is 0 Å². The van der Waals surface area contributed by atoms with Gasteiger partial charge in [-0.25, -0.2) is 8.42 Å². The molecule has 2 aliphatic rings. The van der Waals surface area contributed by atoms with Crippen molar-refractivity contribution in [2.45, 2.75) is 49.2 Å². The van der Waals surface area contributed by atoms with Gasteiger partial charge in [-0.3, -0.25) is 4.90 Å². The smallest absolute Gasteiger partial charge is 0.276 e. The summed E-state index contributed by atoms with van der Waals surface area (Å²) in [4.78, 5) is 2.42. The number of piperazine rings is 1. The zero-order valence-electron chi connectivity index (χ0n) is 12.2. The number of hydrogen-bond donors (Lipinski definition) is 0. The second-order valence-corrected chi connectivity index (χ2v) is 8.01. The van der Waals surface area contributed by atoms with Gasteiger partial charge in [-0.1, -0.05) is 6.42 Å². The minimum Gasteiger partial charge on any atom is -0.447 e. The van der Waals surface area contributed by atoms with E-state index in [0.717, 1.165) is 19.5 Å². The molecule has 0 radical (unpaired) electrons. The molecule has 0 aliphatic carbocycles. The number of halogens is 1. The van der Waals surface area contributed by atoms with Gasteiger partial charge in [-0.2, -0.15) is 4.31 Å². The quantitative estimate of drug-likeness (QED) is 0.797. The van der Waals surface area contributed by atoms with E-state index in [-0.39, 0.29) is 17.0 Å². The second kappa shape index (κ2) is 5.91. The maximum atomic E-state index is 12.8. The minimum atomic E-state index is -3.57. The molecule has 2 fully saturated rings. The standard InChI is InChI=1S/C14H21ClN2O3S/c1-11-9-16-7-3-2-4-12(16)10-17(11)21(18,19)14-6-5-13(8-15)20-14/h5-6,11-12H,2-4,7-10H2,1H3. The molecule has 2 atom stereocenters. The molecule has 118 valence electrons. The lowest BCUT2D eigenvalue weighted by atomic mass is 9.99. The summed E-state index contributed by atoms with van der Waals surface area (Å²) in [7, 11) is -3.57. The maximum Gasteiger partial charge on any atom is 0.276 e.